The lowest BCUT2D eigenvalue weighted by molar-refractivity contribution is -0.137. The molecule has 0 aromatic heterocycles. The molecule has 1 aromatic carbocycles. The van der Waals surface area contributed by atoms with E-state index in [1.807, 2.05) is 0 Å². The molecule has 7 nitrogen and oxygen atoms in total. The molecule has 0 aliphatic rings. The highest BCUT2D eigenvalue weighted by Crippen LogP contribution is 2.23. The first-order valence-corrected chi connectivity index (χ1v) is 6.36. The Hall–Kier alpha value is -2.57. The van der Waals surface area contributed by atoms with Crippen molar-refractivity contribution in [3.8, 4) is 11.5 Å². The van der Waals surface area contributed by atoms with E-state index in [1.54, 1.807) is 6.92 Å². The maximum Gasteiger partial charge on any atom is 0.338 e. The zero-order valence-corrected chi connectivity index (χ0v) is 11.5. The third-order valence-corrected chi connectivity index (χ3v) is 2.41. The molecule has 21 heavy (non-hydrogen) atoms. The highest BCUT2D eigenvalue weighted by atomic mass is 16.5. The number of carbonyl (C=O) groups excluding carboxylic acids is 2. The van der Waals surface area contributed by atoms with Crippen LogP contribution in [0.25, 0.3) is 0 Å². The fourth-order valence-corrected chi connectivity index (χ4v) is 1.54. The van der Waals surface area contributed by atoms with Crippen molar-refractivity contribution in [3.63, 3.8) is 0 Å². The number of phenolic OH excluding ortho intramolecular Hbond substituents is 1. The molecule has 0 saturated carbocycles. The number of ether oxygens (including phenoxy) is 2. The van der Waals surface area contributed by atoms with Crippen molar-refractivity contribution >= 4 is 17.9 Å². The van der Waals surface area contributed by atoms with Gasteiger partial charge >= 0.3 is 17.9 Å². The minimum absolute atomic E-state index is 0.00150. The van der Waals surface area contributed by atoms with Gasteiger partial charge in [0.05, 0.1) is 12.2 Å². The largest absolute Gasteiger partial charge is 0.508 e. The first-order valence-electron chi connectivity index (χ1n) is 6.36. The summed E-state index contributed by atoms with van der Waals surface area (Å²) in [6.45, 7) is 1.82. The minimum Gasteiger partial charge on any atom is -0.508 e. The van der Waals surface area contributed by atoms with Gasteiger partial charge in [0.1, 0.15) is 11.5 Å². The summed E-state index contributed by atoms with van der Waals surface area (Å²) < 4.78 is 9.72. The average Bonchev–Trinajstić information content (AvgIpc) is 2.37. The second kappa shape index (κ2) is 7.88. The predicted molar refractivity (Wildman–Crippen MR) is 71.2 cm³/mol. The number of carboxylic acids is 1. The van der Waals surface area contributed by atoms with E-state index in [1.165, 1.54) is 18.2 Å². The van der Waals surface area contributed by atoms with Crippen LogP contribution in [-0.2, 0) is 14.3 Å². The molecule has 7 heteroatoms. The van der Waals surface area contributed by atoms with Crippen LogP contribution < -0.4 is 4.74 Å². The zero-order chi connectivity index (χ0) is 15.8. The second-order valence-corrected chi connectivity index (χ2v) is 4.16. The molecule has 0 aliphatic heterocycles. The van der Waals surface area contributed by atoms with E-state index in [0.717, 1.165) is 0 Å². The molecule has 1 aromatic rings. The van der Waals surface area contributed by atoms with E-state index in [0.29, 0.717) is 0 Å². The van der Waals surface area contributed by atoms with Gasteiger partial charge in [0.15, 0.2) is 0 Å². The first-order chi connectivity index (χ1) is 9.92. The highest BCUT2D eigenvalue weighted by molar-refractivity contribution is 5.90. The van der Waals surface area contributed by atoms with Crippen molar-refractivity contribution < 1.29 is 34.1 Å². The summed E-state index contributed by atoms with van der Waals surface area (Å²) in [7, 11) is 0. The van der Waals surface area contributed by atoms with Crippen molar-refractivity contribution in [2.24, 2.45) is 0 Å². The van der Waals surface area contributed by atoms with Crippen LogP contribution in [0.4, 0.5) is 0 Å². The van der Waals surface area contributed by atoms with Gasteiger partial charge in [0.25, 0.3) is 0 Å². The number of rotatable bonds is 7. The summed E-state index contributed by atoms with van der Waals surface area (Å²) in [4.78, 5) is 33.4. The number of hydrogen-bond donors (Lipinski definition) is 2. The van der Waals surface area contributed by atoms with E-state index >= 15 is 0 Å². The Morgan fingerprint density at radius 3 is 2.48 bits per heavy atom. The molecule has 1 rings (SSSR count). The van der Waals surface area contributed by atoms with Crippen LogP contribution in [0, 0.1) is 0 Å². The van der Waals surface area contributed by atoms with Crippen LogP contribution in [0.1, 0.15) is 36.5 Å². The number of hydrogen-bond acceptors (Lipinski definition) is 6. The minimum atomic E-state index is -0.996. The van der Waals surface area contributed by atoms with E-state index in [9.17, 15) is 19.5 Å². The number of benzene rings is 1. The molecule has 0 saturated heterocycles. The molecule has 0 unspecified atom stereocenters. The zero-order valence-electron chi connectivity index (χ0n) is 11.5. The van der Waals surface area contributed by atoms with Crippen LogP contribution >= 0.6 is 0 Å². The molecule has 0 heterocycles. The quantitative estimate of drug-likeness (QED) is 0.582. The van der Waals surface area contributed by atoms with Crippen molar-refractivity contribution in [3.05, 3.63) is 23.8 Å². The molecular weight excluding hydrogens is 280 g/mol. The van der Waals surface area contributed by atoms with Crippen LogP contribution in [0.3, 0.4) is 0 Å². The normalized spacial score (nSPS) is 9.95. The van der Waals surface area contributed by atoms with Gasteiger partial charge in [-0.15, -0.1) is 0 Å². The number of phenols is 1. The molecule has 0 fully saturated rings. The van der Waals surface area contributed by atoms with Crippen LogP contribution in [0.15, 0.2) is 18.2 Å². The second-order valence-electron chi connectivity index (χ2n) is 4.16. The smallest absolute Gasteiger partial charge is 0.338 e. The maximum absolute atomic E-state index is 11.5. The van der Waals surface area contributed by atoms with Gasteiger partial charge < -0.3 is 19.7 Å². The summed E-state index contributed by atoms with van der Waals surface area (Å²) >= 11 is 0. The Morgan fingerprint density at radius 2 is 1.86 bits per heavy atom. The van der Waals surface area contributed by atoms with E-state index < -0.39 is 17.9 Å². The number of carbonyl (C=O) groups is 3. The Morgan fingerprint density at radius 1 is 1.14 bits per heavy atom. The maximum atomic E-state index is 11.5. The molecule has 0 bridgehead atoms. The van der Waals surface area contributed by atoms with Gasteiger partial charge in [-0.05, 0) is 25.5 Å². The summed E-state index contributed by atoms with van der Waals surface area (Å²) in [5, 5.41) is 18.0. The Kier molecular flexibility index (Phi) is 6.19. The van der Waals surface area contributed by atoms with Crippen molar-refractivity contribution in [1.82, 2.24) is 0 Å². The lowest BCUT2D eigenvalue weighted by Gasteiger charge is -2.07. The molecular formula is C14H16O7. The van der Waals surface area contributed by atoms with Gasteiger partial charge in [0, 0.05) is 18.9 Å². The number of aromatic hydroxyl groups is 1. The Labute approximate surface area is 121 Å². The molecule has 0 spiro atoms. The van der Waals surface area contributed by atoms with Crippen molar-refractivity contribution in [2.45, 2.75) is 26.2 Å². The van der Waals surface area contributed by atoms with Gasteiger partial charge in [-0.2, -0.15) is 0 Å². The fraction of sp³-hybridized carbons (Fsp3) is 0.357. The highest BCUT2D eigenvalue weighted by Gasteiger charge is 2.13. The topological polar surface area (TPSA) is 110 Å². The fourth-order valence-electron chi connectivity index (χ4n) is 1.54. The molecule has 0 aliphatic carbocycles. The number of esters is 2. The average molecular weight is 296 g/mol. The summed E-state index contributed by atoms with van der Waals surface area (Å²) in [6, 6.07) is 3.64. The molecule has 0 atom stereocenters. The summed E-state index contributed by atoms with van der Waals surface area (Å²) in [5.74, 6) is -2.52. The number of aliphatic carboxylic acids is 1. The molecule has 2 N–H and O–H groups in total. The Balaban J connectivity index is 2.68. The summed E-state index contributed by atoms with van der Waals surface area (Å²) in [6.07, 6.45) is -0.0579. The third-order valence-electron chi connectivity index (χ3n) is 2.41. The van der Waals surface area contributed by atoms with Gasteiger partial charge in [-0.1, -0.05) is 0 Å². The summed E-state index contributed by atoms with van der Waals surface area (Å²) in [5.41, 5.74) is 0.0604. The number of carboxylic acid groups (broad SMARTS) is 1. The molecule has 0 radical (unpaired) electrons. The van der Waals surface area contributed by atoms with E-state index in [4.69, 9.17) is 14.6 Å². The third kappa shape index (κ3) is 5.94. The first kappa shape index (κ1) is 16.5. The monoisotopic (exact) mass is 296 g/mol. The molecule has 114 valence electrons. The van der Waals surface area contributed by atoms with Crippen LogP contribution in [0.2, 0.25) is 0 Å². The van der Waals surface area contributed by atoms with Gasteiger partial charge in [-0.25, -0.2) is 4.79 Å². The van der Waals surface area contributed by atoms with Crippen LogP contribution in [0.5, 0.6) is 11.5 Å². The van der Waals surface area contributed by atoms with Crippen LogP contribution in [-0.4, -0.2) is 34.7 Å². The standard InChI is InChI=1S/C14H16O7/c1-2-20-14(19)9-6-10(15)8-11(7-9)21-13(18)5-3-4-12(16)17/h6-8,15H,2-5H2,1H3,(H,16,17). The van der Waals surface area contributed by atoms with Gasteiger partial charge in [-0.3, -0.25) is 9.59 Å². The van der Waals surface area contributed by atoms with E-state index in [-0.39, 0.29) is 42.9 Å². The lowest BCUT2D eigenvalue weighted by Crippen LogP contribution is -2.10. The lowest BCUT2D eigenvalue weighted by atomic mass is 10.2. The van der Waals surface area contributed by atoms with E-state index in [2.05, 4.69) is 0 Å². The van der Waals surface area contributed by atoms with Crippen molar-refractivity contribution in [1.29, 1.82) is 0 Å². The van der Waals surface area contributed by atoms with Gasteiger partial charge in [0.2, 0.25) is 0 Å². The molecule has 0 amide bonds. The SMILES string of the molecule is CCOC(=O)c1cc(O)cc(OC(=O)CCCC(=O)O)c1. The predicted octanol–water partition coefficient (Wildman–Crippen LogP) is 1.73. The Bertz CT molecular complexity index is 536. The van der Waals surface area contributed by atoms with Crippen molar-refractivity contribution in [2.75, 3.05) is 6.61 Å².